The molecule has 22 heavy (non-hydrogen) atoms. The van der Waals surface area contributed by atoms with Crippen molar-refractivity contribution in [1.29, 1.82) is 0 Å². The second-order valence-corrected chi connectivity index (χ2v) is 7.83. The Bertz CT molecular complexity index is 399. The molecule has 2 saturated carbocycles. The molecule has 0 aromatic rings. The van der Waals surface area contributed by atoms with Gasteiger partial charge in [-0.05, 0) is 56.3 Å². The summed E-state index contributed by atoms with van der Waals surface area (Å²) < 4.78 is 0. The maximum absolute atomic E-state index is 12.6. The number of hydrogen-bond acceptors (Lipinski definition) is 2. The molecule has 0 bridgehead atoms. The molecule has 0 aliphatic heterocycles. The molecule has 0 saturated heterocycles. The van der Waals surface area contributed by atoms with E-state index in [-0.39, 0.29) is 17.7 Å². The molecule has 2 aliphatic carbocycles. The smallest absolute Gasteiger partial charge is 0.306 e. The van der Waals surface area contributed by atoms with E-state index in [0.29, 0.717) is 36.6 Å². The van der Waals surface area contributed by atoms with Gasteiger partial charge in [0.25, 0.3) is 0 Å². The van der Waals surface area contributed by atoms with Crippen LogP contribution in [0, 0.1) is 29.6 Å². The van der Waals surface area contributed by atoms with Gasteiger partial charge in [-0.1, -0.05) is 27.2 Å². The van der Waals surface area contributed by atoms with Crippen molar-refractivity contribution in [3.8, 4) is 0 Å². The highest BCUT2D eigenvalue weighted by Gasteiger charge is 2.35. The predicted octanol–water partition coefficient (Wildman–Crippen LogP) is 3.45. The van der Waals surface area contributed by atoms with Gasteiger partial charge in [0.1, 0.15) is 0 Å². The lowest BCUT2D eigenvalue weighted by atomic mass is 9.73. The summed E-state index contributed by atoms with van der Waals surface area (Å²) in [6.45, 7) is 6.77. The van der Waals surface area contributed by atoms with Gasteiger partial charge in [-0.15, -0.1) is 0 Å². The molecule has 0 aromatic carbocycles. The number of carbonyl (C=O) groups excluding carboxylic acids is 1. The van der Waals surface area contributed by atoms with Crippen LogP contribution < -0.4 is 5.32 Å². The van der Waals surface area contributed by atoms with Crippen LogP contribution >= 0.6 is 0 Å². The van der Waals surface area contributed by atoms with Crippen LogP contribution in [0.3, 0.4) is 0 Å². The van der Waals surface area contributed by atoms with Crippen molar-refractivity contribution in [2.75, 3.05) is 0 Å². The Labute approximate surface area is 134 Å². The van der Waals surface area contributed by atoms with E-state index in [2.05, 4.69) is 26.1 Å². The van der Waals surface area contributed by atoms with Crippen molar-refractivity contribution in [2.24, 2.45) is 29.6 Å². The van der Waals surface area contributed by atoms with Crippen LogP contribution in [0.1, 0.15) is 65.7 Å². The molecule has 2 rings (SSSR count). The Morgan fingerprint density at radius 2 is 1.59 bits per heavy atom. The highest BCUT2D eigenvalue weighted by molar-refractivity contribution is 5.79. The summed E-state index contributed by atoms with van der Waals surface area (Å²) in [6, 6.07) is 0.299. The summed E-state index contributed by atoms with van der Waals surface area (Å²) in [4.78, 5) is 23.6. The lowest BCUT2D eigenvalue weighted by Gasteiger charge is -2.39. The van der Waals surface area contributed by atoms with E-state index < -0.39 is 5.97 Å². The van der Waals surface area contributed by atoms with Crippen molar-refractivity contribution in [1.82, 2.24) is 5.32 Å². The molecule has 4 heteroatoms. The number of amides is 1. The topological polar surface area (TPSA) is 66.4 Å². The van der Waals surface area contributed by atoms with E-state index in [0.717, 1.165) is 19.3 Å². The molecule has 2 N–H and O–H groups in total. The number of carboxylic acids is 1. The Morgan fingerprint density at radius 1 is 1.00 bits per heavy atom. The summed E-state index contributed by atoms with van der Waals surface area (Å²) in [5, 5.41) is 12.4. The second kappa shape index (κ2) is 7.47. The average Bonchev–Trinajstić information content (AvgIpc) is 2.47. The number of nitrogens with one attached hydrogen (secondary N) is 1. The van der Waals surface area contributed by atoms with Gasteiger partial charge < -0.3 is 10.4 Å². The highest BCUT2D eigenvalue weighted by Crippen LogP contribution is 2.34. The van der Waals surface area contributed by atoms with Gasteiger partial charge in [0.2, 0.25) is 5.91 Å². The van der Waals surface area contributed by atoms with Crippen LogP contribution in [0.2, 0.25) is 0 Å². The lowest BCUT2D eigenvalue weighted by molar-refractivity contribution is -0.144. The van der Waals surface area contributed by atoms with Crippen LogP contribution in [0.25, 0.3) is 0 Å². The summed E-state index contributed by atoms with van der Waals surface area (Å²) in [5.41, 5.74) is 0. The van der Waals surface area contributed by atoms with Crippen LogP contribution in [0.5, 0.6) is 0 Å². The number of carboxylic acid groups (broad SMARTS) is 1. The van der Waals surface area contributed by atoms with Gasteiger partial charge in [0.05, 0.1) is 5.92 Å². The first-order chi connectivity index (χ1) is 10.4. The Morgan fingerprint density at radius 3 is 2.14 bits per heavy atom. The molecule has 4 nitrogen and oxygen atoms in total. The predicted molar refractivity (Wildman–Crippen MR) is 86.4 cm³/mol. The van der Waals surface area contributed by atoms with Gasteiger partial charge in [0, 0.05) is 12.0 Å². The normalized spacial score (nSPS) is 36.1. The standard InChI is InChI=1S/C18H31NO3/c1-11(2)15-9-4-12(3)10-16(15)19-17(20)13-5-7-14(8-6-13)18(21)22/h11-16H,4-10H2,1-3H3,(H,19,20)(H,21,22). The average molecular weight is 309 g/mol. The van der Waals surface area contributed by atoms with Gasteiger partial charge >= 0.3 is 5.97 Å². The fourth-order valence-corrected chi connectivity index (χ4v) is 4.27. The minimum Gasteiger partial charge on any atom is -0.481 e. The van der Waals surface area contributed by atoms with Gasteiger partial charge in [-0.2, -0.15) is 0 Å². The highest BCUT2D eigenvalue weighted by atomic mass is 16.4. The van der Waals surface area contributed by atoms with E-state index in [1.165, 1.54) is 12.8 Å². The number of rotatable bonds is 4. The van der Waals surface area contributed by atoms with Crippen LogP contribution in [-0.4, -0.2) is 23.0 Å². The van der Waals surface area contributed by atoms with E-state index in [4.69, 9.17) is 5.11 Å². The Balaban J connectivity index is 1.89. The largest absolute Gasteiger partial charge is 0.481 e. The SMILES string of the molecule is CC1CCC(C(C)C)C(NC(=O)C2CCC(C(=O)O)CC2)C1. The van der Waals surface area contributed by atoms with E-state index >= 15 is 0 Å². The molecule has 2 aliphatic rings. The van der Waals surface area contributed by atoms with Gasteiger partial charge in [0.15, 0.2) is 0 Å². The molecule has 3 atom stereocenters. The third kappa shape index (κ3) is 4.23. The van der Waals surface area contributed by atoms with Crippen molar-refractivity contribution in [3.05, 3.63) is 0 Å². The van der Waals surface area contributed by atoms with E-state index in [1.54, 1.807) is 0 Å². The first-order valence-electron chi connectivity index (χ1n) is 8.91. The van der Waals surface area contributed by atoms with Crippen LogP contribution in [-0.2, 0) is 9.59 Å². The first-order valence-corrected chi connectivity index (χ1v) is 8.91. The van der Waals surface area contributed by atoms with Gasteiger partial charge in [-0.3, -0.25) is 9.59 Å². The Kier molecular flexibility index (Phi) is 5.87. The lowest BCUT2D eigenvalue weighted by Crippen LogP contribution is -2.48. The molecule has 0 aromatic heterocycles. The molecule has 0 heterocycles. The molecule has 0 spiro atoms. The van der Waals surface area contributed by atoms with E-state index in [1.807, 2.05) is 0 Å². The number of carbonyl (C=O) groups is 2. The van der Waals surface area contributed by atoms with Crippen molar-refractivity contribution in [2.45, 2.75) is 71.8 Å². The van der Waals surface area contributed by atoms with Crippen molar-refractivity contribution in [3.63, 3.8) is 0 Å². The van der Waals surface area contributed by atoms with Gasteiger partial charge in [-0.25, -0.2) is 0 Å². The molecule has 1 amide bonds. The number of hydrogen-bond donors (Lipinski definition) is 2. The summed E-state index contributed by atoms with van der Waals surface area (Å²) in [5.74, 6) is 1.08. The quantitative estimate of drug-likeness (QED) is 0.836. The molecule has 0 radical (unpaired) electrons. The van der Waals surface area contributed by atoms with Crippen LogP contribution in [0.15, 0.2) is 0 Å². The maximum Gasteiger partial charge on any atom is 0.306 e. The van der Waals surface area contributed by atoms with Crippen molar-refractivity contribution >= 4 is 11.9 Å². The monoisotopic (exact) mass is 309 g/mol. The second-order valence-electron chi connectivity index (χ2n) is 7.83. The minimum absolute atomic E-state index is 0.0145. The third-order valence-electron chi connectivity index (χ3n) is 5.80. The molecule has 3 unspecified atom stereocenters. The summed E-state index contributed by atoms with van der Waals surface area (Å²) in [7, 11) is 0. The molecular formula is C18H31NO3. The van der Waals surface area contributed by atoms with Crippen molar-refractivity contribution < 1.29 is 14.7 Å². The minimum atomic E-state index is -0.708. The summed E-state index contributed by atoms with van der Waals surface area (Å²) >= 11 is 0. The van der Waals surface area contributed by atoms with Crippen LogP contribution in [0.4, 0.5) is 0 Å². The zero-order valence-corrected chi connectivity index (χ0v) is 14.2. The zero-order valence-electron chi connectivity index (χ0n) is 14.2. The Hall–Kier alpha value is -1.06. The maximum atomic E-state index is 12.6. The first kappa shape index (κ1) is 17.3. The summed E-state index contributed by atoms with van der Waals surface area (Å²) in [6.07, 6.45) is 6.27. The third-order valence-corrected chi connectivity index (χ3v) is 5.80. The molecular weight excluding hydrogens is 278 g/mol. The number of aliphatic carboxylic acids is 1. The zero-order chi connectivity index (χ0) is 16.3. The fourth-order valence-electron chi connectivity index (χ4n) is 4.27. The fraction of sp³-hybridized carbons (Fsp3) is 0.889. The van der Waals surface area contributed by atoms with E-state index in [9.17, 15) is 9.59 Å². The molecule has 2 fully saturated rings. The molecule has 126 valence electrons.